The molecule has 1 aromatic carbocycles. The fraction of sp³-hybridized carbons (Fsp3) is 0.400. The Hall–Kier alpha value is -2.42. The van der Waals surface area contributed by atoms with Crippen molar-refractivity contribution in [1.82, 2.24) is 30.8 Å². The molecule has 0 saturated carbocycles. The van der Waals surface area contributed by atoms with E-state index in [1.54, 1.807) is 4.68 Å². The minimum absolute atomic E-state index is 0.0316. The number of rotatable bonds is 4. The van der Waals surface area contributed by atoms with Gasteiger partial charge in [0.1, 0.15) is 0 Å². The van der Waals surface area contributed by atoms with Gasteiger partial charge in [0.15, 0.2) is 0 Å². The number of aryl methyl sites for hydroxylation is 1. The lowest BCUT2D eigenvalue weighted by atomic mass is 10.1. The van der Waals surface area contributed by atoms with Crippen molar-refractivity contribution in [3.8, 4) is 5.69 Å². The zero-order valence-electron chi connectivity index (χ0n) is 14.0. The summed E-state index contributed by atoms with van der Waals surface area (Å²) in [6.07, 6.45) is 0. The molecule has 0 fully saturated rings. The summed E-state index contributed by atoms with van der Waals surface area (Å²) in [5.74, 6) is -0.384. The predicted octanol–water partition coefficient (Wildman–Crippen LogP) is 1.69. The van der Waals surface area contributed by atoms with Crippen molar-refractivity contribution in [2.75, 3.05) is 5.75 Å². The third-order valence-corrected chi connectivity index (χ3v) is 3.78. The number of amides is 3. The SMILES string of the molecule is Cc1ccccc1-n1nnnc1SCC(=O)NC(=O)NC(C)(C)C. The summed E-state index contributed by atoms with van der Waals surface area (Å²) in [7, 11) is 0. The second kappa shape index (κ2) is 7.43. The molecule has 3 amide bonds. The number of urea groups is 1. The molecule has 2 N–H and O–H groups in total. The minimum Gasteiger partial charge on any atom is -0.333 e. The van der Waals surface area contributed by atoms with Crippen LogP contribution in [0.3, 0.4) is 0 Å². The molecule has 2 aromatic rings. The van der Waals surface area contributed by atoms with Crippen LogP contribution < -0.4 is 10.6 Å². The highest BCUT2D eigenvalue weighted by Crippen LogP contribution is 2.20. The highest BCUT2D eigenvalue weighted by atomic mass is 32.2. The number of thioether (sulfide) groups is 1. The first-order valence-corrected chi connectivity index (χ1v) is 8.34. The van der Waals surface area contributed by atoms with Crippen LogP contribution in [0.1, 0.15) is 26.3 Å². The number of nitrogens with zero attached hydrogens (tertiary/aromatic N) is 4. The van der Waals surface area contributed by atoms with Gasteiger partial charge in [-0.1, -0.05) is 30.0 Å². The van der Waals surface area contributed by atoms with Gasteiger partial charge >= 0.3 is 6.03 Å². The Labute approximate surface area is 144 Å². The molecule has 128 valence electrons. The van der Waals surface area contributed by atoms with Crippen LogP contribution in [0.5, 0.6) is 0 Å². The highest BCUT2D eigenvalue weighted by molar-refractivity contribution is 7.99. The van der Waals surface area contributed by atoms with E-state index in [4.69, 9.17) is 0 Å². The molecular weight excluding hydrogens is 328 g/mol. The zero-order chi connectivity index (χ0) is 17.7. The molecule has 0 aliphatic carbocycles. The molecule has 1 aromatic heterocycles. The second-order valence-electron chi connectivity index (χ2n) is 6.20. The molecule has 9 heteroatoms. The van der Waals surface area contributed by atoms with Crippen LogP contribution in [0.15, 0.2) is 29.4 Å². The van der Waals surface area contributed by atoms with Crippen molar-refractivity contribution in [3.63, 3.8) is 0 Å². The number of hydrogen-bond donors (Lipinski definition) is 2. The Kier molecular flexibility index (Phi) is 5.55. The van der Waals surface area contributed by atoms with Crippen molar-refractivity contribution >= 4 is 23.7 Å². The number of carbonyl (C=O) groups is 2. The lowest BCUT2D eigenvalue weighted by Crippen LogP contribution is -2.48. The fourth-order valence-electron chi connectivity index (χ4n) is 1.89. The number of aromatic nitrogens is 4. The molecule has 0 spiro atoms. The number of nitrogens with one attached hydrogen (secondary N) is 2. The van der Waals surface area contributed by atoms with E-state index in [0.29, 0.717) is 5.16 Å². The zero-order valence-corrected chi connectivity index (χ0v) is 14.8. The van der Waals surface area contributed by atoms with Crippen LogP contribution in [0.25, 0.3) is 5.69 Å². The second-order valence-corrected chi connectivity index (χ2v) is 7.14. The molecule has 24 heavy (non-hydrogen) atoms. The normalized spacial score (nSPS) is 11.2. The number of carbonyl (C=O) groups excluding carboxylic acids is 2. The van der Waals surface area contributed by atoms with Crippen LogP contribution in [0.2, 0.25) is 0 Å². The quantitative estimate of drug-likeness (QED) is 0.815. The van der Waals surface area contributed by atoms with Crippen molar-refractivity contribution in [1.29, 1.82) is 0 Å². The standard InChI is InChI=1S/C15H20N6O2S/c1-10-7-5-6-8-11(10)21-14(18-19-20-21)24-9-12(22)16-13(23)17-15(2,3)4/h5-8H,9H2,1-4H3,(H2,16,17,22,23). The molecule has 2 rings (SSSR count). The number of imide groups is 1. The topological polar surface area (TPSA) is 102 Å². The van der Waals surface area contributed by atoms with Crippen LogP contribution >= 0.6 is 11.8 Å². The monoisotopic (exact) mass is 348 g/mol. The maximum absolute atomic E-state index is 11.9. The maximum Gasteiger partial charge on any atom is 0.321 e. The van der Waals surface area contributed by atoms with Gasteiger partial charge < -0.3 is 5.32 Å². The van der Waals surface area contributed by atoms with E-state index >= 15 is 0 Å². The summed E-state index contributed by atoms with van der Waals surface area (Å²) in [5.41, 5.74) is 1.45. The van der Waals surface area contributed by atoms with E-state index in [2.05, 4.69) is 26.2 Å². The lowest BCUT2D eigenvalue weighted by molar-refractivity contribution is -0.117. The number of hydrogen-bond acceptors (Lipinski definition) is 6. The maximum atomic E-state index is 11.9. The van der Waals surface area contributed by atoms with E-state index in [-0.39, 0.29) is 5.75 Å². The number of tetrazole rings is 1. The first-order chi connectivity index (χ1) is 11.3. The molecule has 0 aliphatic rings. The van der Waals surface area contributed by atoms with Gasteiger partial charge in [-0.25, -0.2) is 4.79 Å². The Morgan fingerprint density at radius 3 is 2.62 bits per heavy atom. The Bertz CT molecular complexity index is 738. The molecule has 0 aliphatic heterocycles. The molecule has 0 unspecified atom stereocenters. The van der Waals surface area contributed by atoms with Gasteiger partial charge in [0, 0.05) is 5.54 Å². The van der Waals surface area contributed by atoms with Gasteiger partial charge in [0.2, 0.25) is 11.1 Å². The first-order valence-electron chi connectivity index (χ1n) is 7.35. The van der Waals surface area contributed by atoms with E-state index in [0.717, 1.165) is 23.0 Å². The Balaban J connectivity index is 1.96. The lowest BCUT2D eigenvalue weighted by Gasteiger charge is -2.20. The summed E-state index contributed by atoms with van der Waals surface area (Å²) in [6.45, 7) is 7.46. The van der Waals surface area contributed by atoms with E-state index < -0.39 is 17.5 Å². The van der Waals surface area contributed by atoms with Gasteiger partial charge in [-0.15, -0.1) is 5.10 Å². The molecule has 0 atom stereocenters. The average molecular weight is 348 g/mol. The predicted molar refractivity (Wildman–Crippen MR) is 91.0 cm³/mol. The number of benzene rings is 1. The molecule has 0 bridgehead atoms. The summed E-state index contributed by atoms with van der Waals surface area (Å²) >= 11 is 1.16. The van der Waals surface area contributed by atoms with Gasteiger partial charge in [-0.3, -0.25) is 10.1 Å². The summed E-state index contributed by atoms with van der Waals surface area (Å²) in [5, 5.41) is 17.0. The van der Waals surface area contributed by atoms with Gasteiger partial charge in [-0.05, 0) is 49.8 Å². The van der Waals surface area contributed by atoms with Gasteiger partial charge in [0.25, 0.3) is 0 Å². The van der Waals surface area contributed by atoms with Crippen molar-refractivity contribution in [2.45, 2.75) is 38.4 Å². The van der Waals surface area contributed by atoms with Crippen LogP contribution in [0, 0.1) is 6.92 Å². The first kappa shape index (κ1) is 17.9. The summed E-state index contributed by atoms with van der Waals surface area (Å²) < 4.78 is 1.57. The van der Waals surface area contributed by atoms with Crippen LogP contribution in [0.4, 0.5) is 4.79 Å². The van der Waals surface area contributed by atoms with E-state index in [1.165, 1.54) is 0 Å². The van der Waals surface area contributed by atoms with Gasteiger partial charge in [-0.2, -0.15) is 4.68 Å². The molecule has 0 radical (unpaired) electrons. The third-order valence-electron chi connectivity index (χ3n) is 2.86. The summed E-state index contributed by atoms with van der Waals surface area (Å²) in [6, 6.07) is 7.15. The largest absolute Gasteiger partial charge is 0.333 e. The molecule has 8 nitrogen and oxygen atoms in total. The highest BCUT2D eigenvalue weighted by Gasteiger charge is 2.17. The summed E-state index contributed by atoms with van der Waals surface area (Å²) in [4.78, 5) is 23.5. The molecular formula is C15H20N6O2S. The Morgan fingerprint density at radius 1 is 1.25 bits per heavy atom. The van der Waals surface area contributed by atoms with Gasteiger partial charge in [0.05, 0.1) is 11.4 Å². The minimum atomic E-state index is -0.522. The smallest absolute Gasteiger partial charge is 0.321 e. The van der Waals surface area contributed by atoms with E-state index in [9.17, 15) is 9.59 Å². The van der Waals surface area contributed by atoms with Crippen LogP contribution in [-0.4, -0.2) is 43.4 Å². The third kappa shape index (κ3) is 5.05. The van der Waals surface area contributed by atoms with E-state index in [1.807, 2.05) is 52.0 Å². The molecule has 1 heterocycles. The van der Waals surface area contributed by atoms with Crippen LogP contribution in [-0.2, 0) is 4.79 Å². The Morgan fingerprint density at radius 2 is 1.96 bits per heavy atom. The van der Waals surface area contributed by atoms with Crippen molar-refractivity contribution in [2.24, 2.45) is 0 Å². The molecule has 0 saturated heterocycles. The van der Waals surface area contributed by atoms with Crippen molar-refractivity contribution < 1.29 is 9.59 Å². The van der Waals surface area contributed by atoms with Crippen molar-refractivity contribution in [3.05, 3.63) is 29.8 Å². The fourth-order valence-corrected chi connectivity index (χ4v) is 2.57. The number of para-hydroxylation sites is 1. The average Bonchev–Trinajstić information content (AvgIpc) is 2.91.